The number of esters is 1. The van der Waals surface area contributed by atoms with E-state index in [0.29, 0.717) is 0 Å². The fraction of sp³-hybridized carbons (Fsp3) is 0.500. The number of carboxylic acids is 2. The topological polar surface area (TPSA) is 107 Å². The van der Waals surface area contributed by atoms with Crippen LogP contribution in [-0.2, 0) is 19.1 Å². The van der Waals surface area contributed by atoms with E-state index in [1.807, 2.05) is 0 Å². The Hall–Kier alpha value is -0.590. The Morgan fingerprint density at radius 2 is 1.54 bits per heavy atom. The zero-order valence-electron chi connectivity index (χ0n) is 7.66. The Labute approximate surface area is 97.2 Å². The summed E-state index contributed by atoms with van der Waals surface area (Å²) in [5, 5.41) is 18.4. The number of hydrogen-bond donors (Lipinski definition) is 0. The van der Waals surface area contributed by atoms with E-state index in [1.54, 1.807) is 0 Å². The third-order valence-electron chi connectivity index (χ3n) is 0.442. The minimum Gasteiger partial charge on any atom is -0.550 e. The first-order valence-corrected chi connectivity index (χ1v) is 2.97. The number of carbonyl (C=O) groups excluding carboxylic acids is 3. The van der Waals surface area contributed by atoms with E-state index >= 15 is 0 Å². The van der Waals surface area contributed by atoms with Crippen LogP contribution in [0.3, 0.4) is 0 Å². The van der Waals surface area contributed by atoms with E-state index in [0.717, 1.165) is 6.92 Å². The minimum absolute atomic E-state index is 0. The van der Waals surface area contributed by atoms with E-state index in [1.165, 1.54) is 6.92 Å². The summed E-state index contributed by atoms with van der Waals surface area (Å²) in [6.07, 6.45) is 0. The van der Waals surface area contributed by atoms with Crippen LogP contribution >= 0.6 is 0 Å². The van der Waals surface area contributed by atoms with Crippen molar-refractivity contribution in [3.8, 4) is 0 Å². The quantitative estimate of drug-likeness (QED) is 0.236. The molecule has 7 heteroatoms. The first-order valence-electron chi connectivity index (χ1n) is 2.97. The van der Waals surface area contributed by atoms with Crippen molar-refractivity contribution >= 4 is 17.9 Å². The van der Waals surface area contributed by atoms with Gasteiger partial charge in [0.2, 0.25) is 0 Å². The van der Waals surface area contributed by atoms with Gasteiger partial charge in [-0.2, -0.15) is 0 Å². The maximum Gasteiger partial charge on any atom is 1.00 e. The molecule has 0 heterocycles. The Morgan fingerprint density at radius 3 is 1.62 bits per heavy atom. The second-order valence-electron chi connectivity index (χ2n) is 1.50. The molecule has 0 aromatic rings. The molecule has 0 aliphatic rings. The van der Waals surface area contributed by atoms with Crippen molar-refractivity contribution < 1.29 is 58.9 Å². The third-order valence-corrected chi connectivity index (χ3v) is 0.442. The van der Waals surface area contributed by atoms with Crippen molar-refractivity contribution in [2.75, 3.05) is 6.61 Å². The summed E-state index contributed by atoms with van der Waals surface area (Å²) in [6.45, 7) is 2.55. The van der Waals surface area contributed by atoms with Gasteiger partial charge in [-0.15, -0.1) is 0 Å². The molecule has 0 radical (unpaired) electrons. The molecule has 70 valence electrons. The van der Waals surface area contributed by atoms with E-state index in [9.17, 15) is 14.7 Å². The van der Waals surface area contributed by atoms with Crippen LogP contribution in [0.2, 0.25) is 0 Å². The van der Waals surface area contributed by atoms with Gasteiger partial charge in [-0.3, -0.25) is 0 Å². The fourth-order valence-electron chi connectivity index (χ4n) is 0.190. The number of ether oxygens (including phenoxy) is 1. The average Bonchev–Trinajstić information content (AvgIpc) is 1.86. The van der Waals surface area contributed by atoms with Crippen molar-refractivity contribution in [3.63, 3.8) is 0 Å². The summed E-state index contributed by atoms with van der Waals surface area (Å²) in [5.74, 6) is -4.20. The van der Waals surface area contributed by atoms with Gasteiger partial charge in [-0.05, 0) is 13.8 Å². The minimum atomic E-state index is -1.80. The molecule has 0 aromatic heterocycles. The Balaban J connectivity index is -0.000000173. The molecule has 0 bridgehead atoms. The Kier molecular flexibility index (Phi) is 16.0. The van der Waals surface area contributed by atoms with Gasteiger partial charge in [0.1, 0.15) is 0 Å². The van der Waals surface area contributed by atoms with Crippen LogP contribution in [0.4, 0.5) is 0 Å². The van der Waals surface area contributed by atoms with Crippen molar-refractivity contribution in [3.05, 3.63) is 0 Å². The van der Waals surface area contributed by atoms with Crippen LogP contribution in [0, 0.1) is 0 Å². The summed E-state index contributed by atoms with van der Waals surface area (Å²) in [4.78, 5) is 28.3. The van der Waals surface area contributed by atoms with Gasteiger partial charge in [0.25, 0.3) is 0 Å². The molecule has 0 unspecified atom stereocenters. The number of aliphatic carboxylic acids is 2. The van der Waals surface area contributed by atoms with E-state index in [4.69, 9.17) is 9.90 Å². The Morgan fingerprint density at radius 1 is 1.23 bits per heavy atom. The van der Waals surface area contributed by atoms with Gasteiger partial charge < -0.3 is 24.5 Å². The van der Waals surface area contributed by atoms with Crippen LogP contribution in [-0.4, -0.2) is 24.5 Å². The van der Waals surface area contributed by atoms with Gasteiger partial charge >= 0.3 is 35.5 Å². The number of hydrogen-bond acceptors (Lipinski definition) is 6. The second kappa shape index (κ2) is 11.4. The van der Waals surface area contributed by atoms with Gasteiger partial charge in [-0.1, -0.05) is 0 Å². The molecule has 0 atom stereocenters. The van der Waals surface area contributed by atoms with E-state index in [-0.39, 0.29) is 36.2 Å². The molecule has 0 N–H and O–H groups in total. The smallest absolute Gasteiger partial charge is 0.550 e. The molecule has 0 saturated heterocycles. The average molecular weight is 199 g/mol. The summed E-state index contributed by atoms with van der Waals surface area (Å²) in [6, 6.07) is 0. The van der Waals surface area contributed by atoms with Crippen molar-refractivity contribution in [2.45, 2.75) is 13.8 Å². The van der Waals surface area contributed by atoms with E-state index in [2.05, 4.69) is 4.74 Å². The molecule has 6 nitrogen and oxygen atoms in total. The molecular formula is C6H8NaO6-. The molecule has 0 aliphatic carbocycles. The van der Waals surface area contributed by atoms with Crippen LogP contribution in [0.15, 0.2) is 0 Å². The standard InChI is InChI=1S/C4H6O4.C2H4O2.Na/c1-2-8-4(7)3(5)6;1-2(3)4;/h2H2,1H3,(H,5,6);1H3,(H,3,4);/q;;+1/p-2. The second-order valence-corrected chi connectivity index (χ2v) is 1.50. The van der Waals surface area contributed by atoms with E-state index < -0.39 is 17.9 Å². The predicted molar refractivity (Wildman–Crippen MR) is 32.3 cm³/mol. The van der Waals surface area contributed by atoms with Crippen LogP contribution < -0.4 is 39.8 Å². The van der Waals surface area contributed by atoms with Gasteiger partial charge in [0, 0.05) is 5.97 Å². The molecule has 0 amide bonds. The first kappa shape index (κ1) is 18.2. The Bertz CT molecular complexity index is 174. The zero-order valence-corrected chi connectivity index (χ0v) is 9.66. The zero-order chi connectivity index (χ0) is 10.1. The molecular weight excluding hydrogens is 191 g/mol. The van der Waals surface area contributed by atoms with Gasteiger partial charge in [0.15, 0.2) is 5.97 Å². The summed E-state index contributed by atoms with van der Waals surface area (Å²) in [5.41, 5.74) is 0. The summed E-state index contributed by atoms with van der Waals surface area (Å²) in [7, 11) is 0. The van der Waals surface area contributed by atoms with Crippen molar-refractivity contribution in [1.82, 2.24) is 0 Å². The maximum atomic E-state index is 9.86. The number of carbonyl (C=O) groups is 3. The maximum absolute atomic E-state index is 9.86. The van der Waals surface area contributed by atoms with Gasteiger partial charge in [0.05, 0.1) is 6.61 Å². The fourth-order valence-corrected chi connectivity index (χ4v) is 0.190. The predicted octanol–water partition coefficient (Wildman–Crippen LogP) is -5.94. The first-order chi connectivity index (χ1) is 5.41. The summed E-state index contributed by atoms with van der Waals surface area (Å²) >= 11 is 0. The molecule has 0 aromatic carbocycles. The molecule has 0 rings (SSSR count). The monoisotopic (exact) mass is 199 g/mol. The SMILES string of the molecule is CC(=O)[O-].CCOC(=O)C(=O)[O-].[Na+]. The largest absolute Gasteiger partial charge is 1.00 e. The molecule has 0 saturated carbocycles. The number of carboxylic acid groups (broad SMARTS) is 2. The summed E-state index contributed by atoms with van der Waals surface area (Å²) < 4.78 is 4.00. The van der Waals surface area contributed by atoms with Crippen LogP contribution in [0.5, 0.6) is 0 Å². The number of rotatable bonds is 1. The molecule has 13 heavy (non-hydrogen) atoms. The molecule has 0 fully saturated rings. The van der Waals surface area contributed by atoms with Gasteiger partial charge in [-0.25, -0.2) is 4.79 Å². The van der Waals surface area contributed by atoms with Crippen molar-refractivity contribution in [1.29, 1.82) is 0 Å². The third kappa shape index (κ3) is 24.6. The van der Waals surface area contributed by atoms with Crippen molar-refractivity contribution in [2.24, 2.45) is 0 Å². The van der Waals surface area contributed by atoms with Crippen LogP contribution in [0.1, 0.15) is 13.8 Å². The molecule has 0 spiro atoms. The van der Waals surface area contributed by atoms with Crippen LogP contribution in [0.25, 0.3) is 0 Å². The normalized spacial score (nSPS) is 6.92. The molecule has 0 aliphatic heterocycles.